The van der Waals surface area contributed by atoms with Crippen molar-refractivity contribution in [1.82, 2.24) is 19.8 Å². The Morgan fingerprint density at radius 2 is 2.26 bits per heavy atom. The Labute approximate surface area is 113 Å². The molecule has 0 aliphatic rings. The summed E-state index contributed by atoms with van der Waals surface area (Å²) >= 11 is 5.90. The molecule has 0 atom stereocenters. The molecular formula is C12H9ClN4O2. The van der Waals surface area contributed by atoms with E-state index in [2.05, 4.69) is 15.3 Å². The molecule has 0 saturated carbocycles. The van der Waals surface area contributed by atoms with E-state index in [1.807, 2.05) is 0 Å². The van der Waals surface area contributed by atoms with Crippen molar-refractivity contribution in [3.63, 3.8) is 0 Å². The smallest absolute Gasteiger partial charge is 0.343 e. The van der Waals surface area contributed by atoms with Crippen molar-refractivity contribution >= 4 is 34.3 Å². The van der Waals surface area contributed by atoms with Gasteiger partial charge in [-0.15, -0.1) is 10.2 Å². The van der Waals surface area contributed by atoms with Crippen LogP contribution in [0, 0.1) is 0 Å². The van der Waals surface area contributed by atoms with Crippen LogP contribution in [0.15, 0.2) is 24.4 Å². The summed E-state index contributed by atoms with van der Waals surface area (Å²) in [6, 6.07) is 5.20. The first-order chi connectivity index (χ1) is 9.20. The predicted molar refractivity (Wildman–Crippen MR) is 69.3 cm³/mol. The van der Waals surface area contributed by atoms with Gasteiger partial charge in [0.2, 0.25) is 0 Å². The third-order valence-corrected chi connectivity index (χ3v) is 2.89. The van der Waals surface area contributed by atoms with Gasteiger partial charge in [0.25, 0.3) is 0 Å². The molecule has 7 heteroatoms. The van der Waals surface area contributed by atoms with E-state index < -0.39 is 5.97 Å². The van der Waals surface area contributed by atoms with Crippen molar-refractivity contribution in [1.29, 1.82) is 0 Å². The molecule has 0 unspecified atom stereocenters. The molecule has 1 aromatic carbocycles. The van der Waals surface area contributed by atoms with Gasteiger partial charge in [-0.1, -0.05) is 11.6 Å². The number of rotatable bonds is 2. The summed E-state index contributed by atoms with van der Waals surface area (Å²) < 4.78 is 6.49. The minimum Gasteiger partial charge on any atom is -0.462 e. The Hall–Kier alpha value is -2.21. The summed E-state index contributed by atoms with van der Waals surface area (Å²) in [5.74, 6) is -0.458. The maximum atomic E-state index is 11.7. The first kappa shape index (κ1) is 11.9. The second-order valence-corrected chi connectivity index (χ2v) is 4.28. The maximum absolute atomic E-state index is 11.7. The van der Waals surface area contributed by atoms with Gasteiger partial charge in [0.1, 0.15) is 11.1 Å². The summed E-state index contributed by atoms with van der Waals surface area (Å²) in [7, 11) is 0. The first-order valence-corrected chi connectivity index (χ1v) is 6.05. The van der Waals surface area contributed by atoms with E-state index >= 15 is 0 Å². The highest BCUT2D eigenvalue weighted by atomic mass is 35.5. The van der Waals surface area contributed by atoms with Crippen LogP contribution in [0.3, 0.4) is 0 Å². The average Bonchev–Trinajstić information content (AvgIpc) is 2.82. The molecule has 19 heavy (non-hydrogen) atoms. The van der Waals surface area contributed by atoms with E-state index in [-0.39, 0.29) is 0 Å². The van der Waals surface area contributed by atoms with Crippen LogP contribution in [-0.4, -0.2) is 32.4 Å². The molecule has 0 aliphatic carbocycles. The van der Waals surface area contributed by atoms with Crippen LogP contribution in [0.1, 0.15) is 17.3 Å². The highest BCUT2D eigenvalue weighted by Crippen LogP contribution is 2.19. The number of ether oxygens (including phenoxy) is 1. The van der Waals surface area contributed by atoms with Crippen molar-refractivity contribution < 1.29 is 9.53 Å². The molecule has 0 fully saturated rings. The number of nitrogens with zero attached hydrogens (tertiary/aromatic N) is 4. The van der Waals surface area contributed by atoms with Gasteiger partial charge in [0, 0.05) is 5.02 Å². The number of hydrogen-bond donors (Lipinski definition) is 0. The van der Waals surface area contributed by atoms with Crippen LogP contribution in [0.4, 0.5) is 0 Å². The largest absolute Gasteiger partial charge is 0.462 e. The molecule has 0 bridgehead atoms. The highest BCUT2D eigenvalue weighted by Gasteiger charge is 2.17. The lowest BCUT2D eigenvalue weighted by Crippen LogP contribution is -2.05. The maximum Gasteiger partial charge on any atom is 0.343 e. The number of aromatic nitrogens is 4. The van der Waals surface area contributed by atoms with Gasteiger partial charge in [-0.3, -0.25) is 0 Å². The van der Waals surface area contributed by atoms with Gasteiger partial charge in [0.15, 0.2) is 5.65 Å². The van der Waals surface area contributed by atoms with E-state index in [1.165, 1.54) is 6.20 Å². The van der Waals surface area contributed by atoms with Crippen molar-refractivity contribution in [2.75, 3.05) is 6.61 Å². The molecule has 6 nitrogen and oxygen atoms in total. The van der Waals surface area contributed by atoms with Gasteiger partial charge in [-0.2, -0.15) is 5.10 Å². The second-order valence-electron chi connectivity index (χ2n) is 3.85. The number of esters is 1. The van der Waals surface area contributed by atoms with E-state index in [0.29, 0.717) is 28.4 Å². The summed E-state index contributed by atoms with van der Waals surface area (Å²) in [5, 5.41) is 12.8. The van der Waals surface area contributed by atoms with Crippen LogP contribution < -0.4 is 0 Å². The average molecular weight is 277 g/mol. The Bertz CT molecular complexity index is 784. The number of halogens is 1. The fourth-order valence-corrected chi connectivity index (χ4v) is 1.99. The highest BCUT2D eigenvalue weighted by molar-refractivity contribution is 6.31. The zero-order valence-corrected chi connectivity index (χ0v) is 10.8. The second kappa shape index (κ2) is 4.47. The Balaban J connectivity index is 2.25. The quantitative estimate of drug-likeness (QED) is 0.671. The third kappa shape index (κ3) is 1.90. The number of carbonyl (C=O) groups is 1. The van der Waals surface area contributed by atoms with Crippen molar-refractivity contribution in [2.24, 2.45) is 0 Å². The van der Waals surface area contributed by atoms with Crippen LogP contribution in [0.5, 0.6) is 0 Å². The SMILES string of the molecule is CCOC(=O)c1cnn2c1nnc1cc(Cl)ccc12. The molecule has 2 heterocycles. The summed E-state index contributed by atoms with van der Waals surface area (Å²) in [4.78, 5) is 11.7. The predicted octanol–water partition coefficient (Wildman–Crippen LogP) is 2.11. The molecule has 0 N–H and O–H groups in total. The third-order valence-electron chi connectivity index (χ3n) is 2.66. The van der Waals surface area contributed by atoms with Crippen molar-refractivity contribution in [2.45, 2.75) is 6.92 Å². The molecule has 0 radical (unpaired) electrons. The Morgan fingerprint density at radius 3 is 3.05 bits per heavy atom. The van der Waals surface area contributed by atoms with E-state index in [4.69, 9.17) is 16.3 Å². The monoisotopic (exact) mass is 276 g/mol. The minimum atomic E-state index is -0.458. The Morgan fingerprint density at radius 1 is 1.42 bits per heavy atom. The molecule has 96 valence electrons. The normalized spacial score (nSPS) is 11.1. The summed E-state index contributed by atoms with van der Waals surface area (Å²) in [6.45, 7) is 2.04. The van der Waals surface area contributed by atoms with E-state index in [1.54, 1.807) is 29.6 Å². The molecule has 3 aromatic rings. The summed E-state index contributed by atoms with van der Waals surface area (Å²) in [5.41, 5.74) is 2.00. The number of fused-ring (bicyclic) bond motifs is 3. The molecule has 0 spiro atoms. The standard InChI is InChI=1S/C12H9ClN4O2/c1-2-19-12(18)8-6-14-17-10-4-3-7(13)5-9(10)15-16-11(8)17/h3-6H,2H2,1H3. The molecular weight excluding hydrogens is 268 g/mol. The lowest BCUT2D eigenvalue weighted by atomic mass is 10.3. The fraction of sp³-hybridized carbons (Fsp3) is 0.167. The van der Waals surface area contributed by atoms with Gasteiger partial charge in [-0.25, -0.2) is 9.31 Å². The number of hydrogen-bond acceptors (Lipinski definition) is 5. The van der Waals surface area contributed by atoms with E-state index in [0.717, 1.165) is 5.52 Å². The van der Waals surface area contributed by atoms with Gasteiger partial charge < -0.3 is 4.74 Å². The first-order valence-electron chi connectivity index (χ1n) is 5.67. The van der Waals surface area contributed by atoms with Gasteiger partial charge in [-0.05, 0) is 25.1 Å². The summed E-state index contributed by atoms with van der Waals surface area (Å²) in [6.07, 6.45) is 1.43. The zero-order chi connectivity index (χ0) is 13.4. The van der Waals surface area contributed by atoms with Crippen LogP contribution >= 0.6 is 11.6 Å². The minimum absolute atomic E-state index is 0.297. The van der Waals surface area contributed by atoms with Crippen molar-refractivity contribution in [3.05, 3.63) is 35.0 Å². The van der Waals surface area contributed by atoms with Gasteiger partial charge >= 0.3 is 5.97 Å². The number of carbonyl (C=O) groups excluding carboxylic acids is 1. The molecule has 0 saturated heterocycles. The van der Waals surface area contributed by atoms with Crippen LogP contribution in [0.2, 0.25) is 5.02 Å². The molecule has 2 aromatic heterocycles. The molecule has 0 aliphatic heterocycles. The van der Waals surface area contributed by atoms with Gasteiger partial charge in [0.05, 0.1) is 18.3 Å². The zero-order valence-electron chi connectivity index (χ0n) is 10.00. The molecule has 3 rings (SSSR count). The van der Waals surface area contributed by atoms with Crippen molar-refractivity contribution in [3.8, 4) is 0 Å². The molecule has 0 amide bonds. The number of benzene rings is 1. The fourth-order valence-electron chi connectivity index (χ4n) is 1.82. The topological polar surface area (TPSA) is 69.4 Å². The lowest BCUT2D eigenvalue weighted by molar-refractivity contribution is 0.0528. The van der Waals surface area contributed by atoms with Crippen LogP contribution in [0.25, 0.3) is 16.7 Å². The van der Waals surface area contributed by atoms with E-state index in [9.17, 15) is 4.79 Å². The Kier molecular flexibility index (Phi) is 2.79. The lowest BCUT2D eigenvalue weighted by Gasteiger charge is -2.01. The van der Waals surface area contributed by atoms with Crippen LogP contribution in [-0.2, 0) is 4.74 Å².